The van der Waals surface area contributed by atoms with Crippen molar-refractivity contribution in [1.82, 2.24) is 0 Å². The van der Waals surface area contributed by atoms with E-state index in [1.807, 2.05) is 13.8 Å². The summed E-state index contributed by atoms with van der Waals surface area (Å²) in [5, 5.41) is 9.27. The average Bonchev–Trinajstić information content (AvgIpc) is 2.17. The van der Waals surface area contributed by atoms with Crippen LogP contribution in [0.3, 0.4) is 0 Å². The molecule has 0 heterocycles. The van der Waals surface area contributed by atoms with Gasteiger partial charge in [0.2, 0.25) is 0 Å². The van der Waals surface area contributed by atoms with Gasteiger partial charge in [0, 0.05) is 4.47 Å². The highest BCUT2D eigenvalue weighted by molar-refractivity contribution is 9.10. The van der Waals surface area contributed by atoms with Gasteiger partial charge in [0.15, 0.2) is 0 Å². The summed E-state index contributed by atoms with van der Waals surface area (Å²) in [6, 6.07) is 7.11. The number of nitrogens with two attached hydrogens (primary N) is 1. The minimum absolute atomic E-state index is 0. The van der Waals surface area contributed by atoms with Gasteiger partial charge >= 0.3 is 5.97 Å². The van der Waals surface area contributed by atoms with Crippen molar-refractivity contribution in [3.05, 3.63) is 34.3 Å². The summed E-state index contributed by atoms with van der Waals surface area (Å²) in [5.41, 5.74) is 5.34. The van der Waals surface area contributed by atoms with Crippen LogP contribution in [0.1, 0.15) is 25.8 Å². The van der Waals surface area contributed by atoms with E-state index in [1.54, 1.807) is 24.3 Å². The minimum atomic E-state index is -1.30. The number of rotatable bonds is 4. The lowest BCUT2D eigenvalue weighted by Gasteiger charge is -2.27. The Labute approximate surface area is 116 Å². The first-order valence-electron chi connectivity index (χ1n) is 5.14. The highest BCUT2D eigenvalue weighted by Gasteiger charge is 2.36. The van der Waals surface area contributed by atoms with Crippen LogP contribution in [0.4, 0.5) is 0 Å². The van der Waals surface area contributed by atoms with Crippen LogP contribution in [0.25, 0.3) is 0 Å². The van der Waals surface area contributed by atoms with Crippen molar-refractivity contribution in [2.24, 2.45) is 11.7 Å². The maximum atomic E-state index is 11.3. The Balaban J connectivity index is 0.00000256. The average molecular weight is 323 g/mol. The summed E-state index contributed by atoms with van der Waals surface area (Å²) in [6.45, 7) is 3.92. The maximum absolute atomic E-state index is 11.3. The number of hydrogen-bond donors (Lipinski definition) is 2. The molecule has 0 fully saturated rings. The molecule has 0 aliphatic rings. The fourth-order valence-corrected chi connectivity index (χ4v) is 1.98. The second-order valence-electron chi connectivity index (χ2n) is 4.38. The van der Waals surface area contributed by atoms with E-state index in [9.17, 15) is 9.90 Å². The summed E-state index contributed by atoms with van der Waals surface area (Å²) in [5.74, 6) is -0.756. The van der Waals surface area contributed by atoms with Gasteiger partial charge in [0.1, 0.15) is 5.54 Å². The third-order valence-corrected chi connectivity index (χ3v) is 3.00. The molecule has 0 aliphatic carbocycles. The molecule has 3 nitrogen and oxygen atoms in total. The number of carbonyl (C=O) groups is 1. The standard InChI is InChI=1S/C12H16BrNO2.ClH/c1-8(2)7-12(14,11(15)16)9-3-5-10(13)6-4-9;/h3-6,8H,7,14H2,1-2H3,(H,15,16);1H. The molecule has 1 aromatic carbocycles. The van der Waals surface area contributed by atoms with Gasteiger partial charge in [-0.05, 0) is 30.0 Å². The van der Waals surface area contributed by atoms with Crippen molar-refractivity contribution in [1.29, 1.82) is 0 Å². The van der Waals surface area contributed by atoms with Gasteiger partial charge in [-0.25, -0.2) is 4.79 Å². The van der Waals surface area contributed by atoms with Crippen LogP contribution < -0.4 is 5.73 Å². The third-order valence-electron chi connectivity index (χ3n) is 2.47. The lowest BCUT2D eigenvalue weighted by Crippen LogP contribution is -2.45. The Morgan fingerprint density at radius 1 is 1.41 bits per heavy atom. The van der Waals surface area contributed by atoms with Gasteiger partial charge in [0.25, 0.3) is 0 Å². The zero-order valence-electron chi connectivity index (χ0n) is 9.81. The van der Waals surface area contributed by atoms with Crippen molar-refractivity contribution >= 4 is 34.3 Å². The molecule has 1 rings (SSSR count). The number of halogens is 2. The van der Waals surface area contributed by atoms with Crippen LogP contribution >= 0.6 is 28.3 Å². The molecule has 1 unspecified atom stereocenters. The second-order valence-corrected chi connectivity index (χ2v) is 5.30. The third kappa shape index (κ3) is 3.98. The molecule has 1 atom stereocenters. The summed E-state index contributed by atoms with van der Waals surface area (Å²) in [4.78, 5) is 11.3. The van der Waals surface area contributed by atoms with Gasteiger partial charge < -0.3 is 10.8 Å². The topological polar surface area (TPSA) is 63.3 Å². The van der Waals surface area contributed by atoms with E-state index >= 15 is 0 Å². The number of hydrogen-bond acceptors (Lipinski definition) is 2. The number of aliphatic carboxylic acids is 1. The first-order chi connectivity index (χ1) is 7.36. The Hall–Kier alpha value is -0.580. The van der Waals surface area contributed by atoms with E-state index in [4.69, 9.17) is 5.73 Å². The molecule has 0 aliphatic heterocycles. The predicted molar refractivity (Wildman–Crippen MR) is 74.3 cm³/mol. The molecule has 0 saturated heterocycles. The van der Waals surface area contributed by atoms with E-state index in [1.165, 1.54) is 0 Å². The van der Waals surface area contributed by atoms with Crippen LogP contribution in [0.15, 0.2) is 28.7 Å². The van der Waals surface area contributed by atoms with Crippen molar-refractivity contribution in [3.8, 4) is 0 Å². The predicted octanol–water partition coefficient (Wildman–Crippen LogP) is 3.16. The van der Waals surface area contributed by atoms with Crippen molar-refractivity contribution in [3.63, 3.8) is 0 Å². The molecule has 3 N–H and O–H groups in total. The van der Waals surface area contributed by atoms with Gasteiger partial charge in [-0.2, -0.15) is 0 Å². The van der Waals surface area contributed by atoms with Gasteiger partial charge in [0.05, 0.1) is 0 Å². The van der Waals surface area contributed by atoms with Gasteiger partial charge in [-0.15, -0.1) is 12.4 Å². The van der Waals surface area contributed by atoms with Crippen LogP contribution in [-0.2, 0) is 10.3 Å². The molecule has 1 aromatic rings. The summed E-state index contributed by atoms with van der Waals surface area (Å²) < 4.78 is 0.911. The van der Waals surface area contributed by atoms with Crippen LogP contribution in [0.2, 0.25) is 0 Å². The smallest absolute Gasteiger partial charge is 0.328 e. The van der Waals surface area contributed by atoms with E-state index in [0.717, 1.165) is 4.47 Å². The van der Waals surface area contributed by atoms with Crippen molar-refractivity contribution in [2.75, 3.05) is 0 Å². The molecular formula is C12H17BrClNO2. The molecule has 0 aromatic heterocycles. The lowest BCUT2D eigenvalue weighted by atomic mass is 9.83. The first-order valence-corrected chi connectivity index (χ1v) is 5.94. The quantitative estimate of drug-likeness (QED) is 0.895. The summed E-state index contributed by atoms with van der Waals surface area (Å²) in [6.07, 6.45) is 0.421. The zero-order chi connectivity index (χ0) is 12.3. The fraction of sp³-hybridized carbons (Fsp3) is 0.417. The summed E-state index contributed by atoms with van der Waals surface area (Å²) >= 11 is 3.31. The highest BCUT2D eigenvalue weighted by Crippen LogP contribution is 2.27. The minimum Gasteiger partial charge on any atom is -0.480 e. The Morgan fingerprint density at radius 3 is 2.24 bits per heavy atom. The molecule has 0 amide bonds. The van der Waals surface area contributed by atoms with Crippen LogP contribution in [0, 0.1) is 5.92 Å². The largest absolute Gasteiger partial charge is 0.480 e. The highest BCUT2D eigenvalue weighted by atomic mass is 79.9. The van der Waals surface area contributed by atoms with Gasteiger partial charge in [-0.1, -0.05) is 41.9 Å². The molecule has 0 spiro atoms. The Kier molecular flexibility index (Phi) is 6.16. The normalized spacial score (nSPS) is 13.9. The molecule has 17 heavy (non-hydrogen) atoms. The van der Waals surface area contributed by atoms with Crippen LogP contribution in [0.5, 0.6) is 0 Å². The van der Waals surface area contributed by atoms with Crippen molar-refractivity contribution < 1.29 is 9.90 Å². The Morgan fingerprint density at radius 2 is 1.88 bits per heavy atom. The second kappa shape index (κ2) is 6.38. The summed E-state index contributed by atoms with van der Waals surface area (Å²) in [7, 11) is 0. The van der Waals surface area contributed by atoms with E-state index in [0.29, 0.717) is 12.0 Å². The monoisotopic (exact) mass is 321 g/mol. The van der Waals surface area contributed by atoms with E-state index in [2.05, 4.69) is 15.9 Å². The molecule has 96 valence electrons. The number of carboxylic acids is 1. The molecule has 0 saturated carbocycles. The first kappa shape index (κ1) is 16.4. The molecule has 5 heteroatoms. The van der Waals surface area contributed by atoms with Crippen molar-refractivity contribution in [2.45, 2.75) is 25.8 Å². The molecule has 0 bridgehead atoms. The maximum Gasteiger partial charge on any atom is 0.328 e. The van der Waals surface area contributed by atoms with E-state index < -0.39 is 11.5 Å². The van der Waals surface area contributed by atoms with Gasteiger partial charge in [-0.3, -0.25) is 0 Å². The lowest BCUT2D eigenvalue weighted by molar-refractivity contribution is -0.144. The molecule has 0 radical (unpaired) electrons. The zero-order valence-corrected chi connectivity index (χ0v) is 12.2. The number of benzene rings is 1. The van der Waals surface area contributed by atoms with E-state index in [-0.39, 0.29) is 18.3 Å². The number of carboxylic acid groups (broad SMARTS) is 1. The SMILES string of the molecule is CC(C)CC(N)(C(=O)O)c1ccc(Br)cc1.Cl. The molecular weight excluding hydrogens is 305 g/mol. The Bertz CT molecular complexity index is 381. The van der Waals surface area contributed by atoms with Crippen LogP contribution in [-0.4, -0.2) is 11.1 Å². The fourth-order valence-electron chi connectivity index (χ4n) is 1.72.